The first-order valence-corrected chi connectivity index (χ1v) is 15.6. The van der Waals surface area contributed by atoms with E-state index in [4.69, 9.17) is 36.5 Å². The standard InChI is InChI=1S/C33H45N7O6/c34-28(27-5-1-2-6-29(27)41)22-30(33(36)37)46-26-4-3-13-40(23-26)25-9-7-24(8-10-25)38-14-16-39(17-15-38)32(43)12-19-45-21-20-44-18-11-31(35)42/h1-2,5-10,22,26,34,41H,3-4,11-21,23H2,(H2,35,42)(H3,36,37)/b30-22+,34-28?. The Morgan fingerprint density at radius 3 is 2.11 bits per heavy atom. The van der Waals surface area contributed by atoms with E-state index in [9.17, 15) is 14.7 Å². The highest BCUT2D eigenvalue weighted by molar-refractivity contribution is 6.11. The van der Waals surface area contributed by atoms with Gasteiger partial charge in [0.2, 0.25) is 11.8 Å². The van der Waals surface area contributed by atoms with Crippen LogP contribution in [0.1, 0.15) is 31.2 Å². The second kappa shape index (κ2) is 17.2. The SMILES string of the molecule is N=C(N)/C(=C\C(=N)c1ccccc1O)OC1CCCN(c2ccc(N3CCN(C(=O)CCOCCOCCC(N)=O)CC3)cc2)C1. The van der Waals surface area contributed by atoms with Gasteiger partial charge < -0.3 is 45.5 Å². The molecule has 0 spiro atoms. The number of primary amides is 1. The fraction of sp³-hybridized carbons (Fsp3) is 0.455. The van der Waals surface area contributed by atoms with Gasteiger partial charge in [-0.3, -0.25) is 20.4 Å². The maximum Gasteiger partial charge on any atom is 0.225 e. The number of amides is 2. The van der Waals surface area contributed by atoms with Crippen molar-refractivity contribution in [1.82, 2.24) is 4.90 Å². The number of nitrogens with two attached hydrogens (primary N) is 2. The molecule has 2 heterocycles. The zero-order valence-corrected chi connectivity index (χ0v) is 26.2. The number of hydrogen-bond acceptors (Lipinski definition) is 10. The maximum atomic E-state index is 12.6. The number of phenols is 1. The lowest BCUT2D eigenvalue weighted by Crippen LogP contribution is -2.49. The van der Waals surface area contributed by atoms with Gasteiger partial charge in [0.05, 0.1) is 45.1 Å². The number of benzene rings is 2. The van der Waals surface area contributed by atoms with Crippen LogP contribution in [-0.4, -0.2) is 105 Å². The Morgan fingerprint density at radius 2 is 1.48 bits per heavy atom. The van der Waals surface area contributed by atoms with Crippen LogP contribution >= 0.6 is 0 Å². The summed E-state index contributed by atoms with van der Waals surface area (Å²) in [5.74, 6) is -0.497. The molecular formula is C33H45N7O6. The zero-order chi connectivity index (χ0) is 32.9. The lowest BCUT2D eigenvalue weighted by Gasteiger charge is -2.37. The van der Waals surface area contributed by atoms with Gasteiger partial charge in [-0.2, -0.15) is 0 Å². The van der Waals surface area contributed by atoms with Gasteiger partial charge in [-0.25, -0.2) is 0 Å². The molecule has 0 radical (unpaired) electrons. The van der Waals surface area contributed by atoms with Crippen molar-refractivity contribution >= 4 is 34.7 Å². The molecule has 0 saturated carbocycles. The average Bonchev–Trinajstić information content (AvgIpc) is 3.06. The van der Waals surface area contributed by atoms with Crippen LogP contribution in [0.15, 0.2) is 60.4 Å². The fourth-order valence-electron chi connectivity index (χ4n) is 5.43. The van der Waals surface area contributed by atoms with E-state index in [0.29, 0.717) is 51.4 Å². The summed E-state index contributed by atoms with van der Waals surface area (Å²) >= 11 is 0. The second-order valence-corrected chi connectivity index (χ2v) is 11.3. The highest BCUT2D eigenvalue weighted by Gasteiger charge is 2.25. The highest BCUT2D eigenvalue weighted by atomic mass is 16.5. The molecule has 2 aliphatic rings. The van der Waals surface area contributed by atoms with Crippen LogP contribution in [0.5, 0.6) is 5.75 Å². The minimum absolute atomic E-state index is 0.0165. The molecule has 2 aromatic rings. The maximum absolute atomic E-state index is 12.6. The van der Waals surface area contributed by atoms with E-state index in [1.54, 1.807) is 18.2 Å². The number of piperazine rings is 1. The fourth-order valence-corrected chi connectivity index (χ4v) is 5.43. The predicted molar refractivity (Wildman–Crippen MR) is 177 cm³/mol. The number of allylic oxidation sites excluding steroid dienone is 1. The van der Waals surface area contributed by atoms with E-state index < -0.39 is 5.91 Å². The van der Waals surface area contributed by atoms with Crippen LogP contribution < -0.4 is 21.3 Å². The Hall–Kier alpha value is -4.62. The van der Waals surface area contributed by atoms with Gasteiger partial charge in [0.25, 0.3) is 0 Å². The zero-order valence-electron chi connectivity index (χ0n) is 26.2. The molecule has 4 rings (SSSR count). The molecule has 0 bridgehead atoms. The molecule has 13 nitrogen and oxygen atoms in total. The number of aromatic hydroxyl groups is 1. The van der Waals surface area contributed by atoms with E-state index in [1.807, 2.05) is 4.90 Å². The van der Waals surface area contributed by atoms with Crippen LogP contribution in [0.4, 0.5) is 11.4 Å². The van der Waals surface area contributed by atoms with Crippen molar-refractivity contribution in [3.05, 3.63) is 65.9 Å². The van der Waals surface area contributed by atoms with Crippen molar-refractivity contribution in [2.24, 2.45) is 11.5 Å². The number of piperidine rings is 1. The monoisotopic (exact) mass is 635 g/mol. The van der Waals surface area contributed by atoms with Gasteiger partial charge in [-0.05, 0) is 49.2 Å². The van der Waals surface area contributed by atoms with Crippen LogP contribution in [0.2, 0.25) is 0 Å². The lowest BCUT2D eigenvalue weighted by atomic mass is 10.1. The quantitative estimate of drug-likeness (QED) is 0.0796. The van der Waals surface area contributed by atoms with Crippen molar-refractivity contribution in [3.8, 4) is 5.75 Å². The molecule has 2 saturated heterocycles. The van der Waals surface area contributed by atoms with Crippen molar-refractivity contribution in [3.63, 3.8) is 0 Å². The minimum Gasteiger partial charge on any atom is -0.507 e. The molecule has 1 unspecified atom stereocenters. The summed E-state index contributed by atoms with van der Waals surface area (Å²) in [6.45, 7) is 5.60. The number of amidine groups is 1. The van der Waals surface area contributed by atoms with Crippen LogP contribution in [0.3, 0.4) is 0 Å². The van der Waals surface area contributed by atoms with Gasteiger partial charge in [0, 0.05) is 62.2 Å². The number of nitrogens with one attached hydrogen (secondary N) is 2. The van der Waals surface area contributed by atoms with E-state index in [2.05, 4.69) is 34.1 Å². The second-order valence-electron chi connectivity index (χ2n) is 11.3. The number of ether oxygens (including phenoxy) is 3. The third-order valence-corrected chi connectivity index (χ3v) is 7.94. The molecule has 2 aromatic carbocycles. The molecule has 1 atom stereocenters. The lowest BCUT2D eigenvalue weighted by molar-refractivity contribution is -0.132. The highest BCUT2D eigenvalue weighted by Crippen LogP contribution is 2.26. The molecule has 2 aliphatic heterocycles. The van der Waals surface area contributed by atoms with Crippen molar-refractivity contribution in [2.75, 3.05) is 75.5 Å². The van der Waals surface area contributed by atoms with E-state index in [-0.39, 0.29) is 48.1 Å². The van der Waals surface area contributed by atoms with Crippen LogP contribution in [0, 0.1) is 10.8 Å². The molecular weight excluding hydrogens is 590 g/mol. The number of anilines is 2. The first kappa shape index (κ1) is 34.3. The number of carbonyl (C=O) groups is 2. The smallest absolute Gasteiger partial charge is 0.225 e. The summed E-state index contributed by atoms with van der Waals surface area (Å²) in [7, 11) is 0. The van der Waals surface area contributed by atoms with Gasteiger partial charge in [0.15, 0.2) is 11.6 Å². The third-order valence-electron chi connectivity index (χ3n) is 7.94. The minimum atomic E-state index is -0.399. The topological polar surface area (TPSA) is 192 Å². The largest absolute Gasteiger partial charge is 0.507 e. The molecule has 13 heteroatoms. The van der Waals surface area contributed by atoms with Gasteiger partial charge in [-0.1, -0.05) is 12.1 Å². The number of hydrogen-bond donors (Lipinski definition) is 5. The molecule has 0 aromatic heterocycles. The normalized spacial score (nSPS) is 17.1. The first-order chi connectivity index (χ1) is 22.2. The molecule has 7 N–H and O–H groups in total. The van der Waals surface area contributed by atoms with Crippen molar-refractivity contribution in [2.45, 2.75) is 31.8 Å². The van der Waals surface area contributed by atoms with Gasteiger partial charge in [0.1, 0.15) is 11.9 Å². The van der Waals surface area contributed by atoms with Crippen molar-refractivity contribution in [1.29, 1.82) is 10.8 Å². The van der Waals surface area contributed by atoms with Crippen LogP contribution in [0.25, 0.3) is 0 Å². The number of nitrogens with zero attached hydrogens (tertiary/aromatic N) is 3. The Bertz CT molecular complexity index is 1370. The summed E-state index contributed by atoms with van der Waals surface area (Å²) in [5.41, 5.74) is 13.4. The summed E-state index contributed by atoms with van der Waals surface area (Å²) in [4.78, 5) is 29.7. The summed E-state index contributed by atoms with van der Waals surface area (Å²) < 4.78 is 16.9. The molecule has 248 valence electrons. The number of phenolic OH excluding ortho intramolecular Hbond substituents is 1. The number of carbonyl (C=O) groups excluding carboxylic acids is 2. The molecule has 2 fully saturated rings. The number of rotatable bonds is 16. The Kier molecular flexibility index (Phi) is 12.8. The Balaban J connectivity index is 1.21. The summed E-state index contributed by atoms with van der Waals surface area (Å²) in [6, 6.07) is 15.0. The summed E-state index contributed by atoms with van der Waals surface area (Å²) in [6.07, 6.45) is 3.38. The molecule has 0 aliphatic carbocycles. The molecule has 2 amide bonds. The average molecular weight is 636 g/mol. The van der Waals surface area contributed by atoms with Crippen molar-refractivity contribution < 1.29 is 28.9 Å². The first-order valence-electron chi connectivity index (χ1n) is 15.6. The van der Waals surface area contributed by atoms with Gasteiger partial charge >= 0.3 is 0 Å². The predicted octanol–water partition coefficient (Wildman–Crippen LogP) is 2.21. The van der Waals surface area contributed by atoms with E-state index >= 15 is 0 Å². The Morgan fingerprint density at radius 1 is 0.848 bits per heavy atom. The third kappa shape index (κ3) is 10.2. The van der Waals surface area contributed by atoms with Crippen LogP contribution in [-0.2, 0) is 23.8 Å². The molecule has 46 heavy (non-hydrogen) atoms. The Labute approximate surface area is 269 Å². The van der Waals surface area contributed by atoms with Gasteiger partial charge in [-0.15, -0.1) is 0 Å². The van der Waals surface area contributed by atoms with E-state index in [0.717, 1.165) is 43.9 Å². The number of para-hydroxylation sites is 1. The van der Waals surface area contributed by atoms with E-state index in [1.165, 1.54) is 12.1 Å². The summed E-state index contributed by atoms with van der Waals surface area (Å²) in [5, 5.41) is 26.4.